The van der Waals surface area contributed by atoms with Crippen molar-refractivity contribution in [2.45, 2.75) is 57.9 Å². The molecular formula is C18H27N3O. The van der Waals surface area contributed by atoms with Gasteiger partial charge < -0.3 is 15.5 Å². The molecule has 4 heteroatoms. The van der Waals surface area contributed by atoms with Crippen molar-refractivity contribution >= 4 is 17.4 Å². The highest BCUT2D eigenvalue weighted by atomic mass is 16.2. The molecule has 2 amide bonds. The van der Waals surface area contributed by atoms with Crippen molar-refractivity contribution in [2.24, 2.45) is 0 Å². The largest absolute Gasteiger partial charge is 0.372 e. The summed E-state index contributed by atoms with van der Waals surface area (Å²) in [6, 6.07) is 6.61. The zero-order valence-corrected chi connectivity index (χ0v) is 13.5. The molecule has 1 aromatic rings. The second-order valence-electron chi connectivity index (χ2n) is 6.63. The van der Waals surface area contributed by atoms with Crippen LogP contribution >= 0.6 is 0 Å². The van der Waals surface area contributed by atoms with Gasteiger partial charge in [-0.3, -0.25) is 0 Å². The maximum atomic E-state index is 12.1. The first-order valence-electron chi connectivity index (χ1n) is 8.65. The van der Waals surface area contributed by atoms with Gasteiger partial charge >= 0.3 is 6.03 Å². The van der Waals surface area contributed by atoms with E-state index in [1.165, 1.54) is 37.8 Å². The Morgan fingerprint density at radius 1 is 1.09 bits per heavy atom. The maximum Gasteiger partial charge on any atom is 0.319 e. The van der Waals surface area contributed by atoms with Crippen molar-refractivity contribution < 1.29 is 4.79 Å². The molecule has 0 unspecified atom stereocenters. The molecule has 1 aromatic carbocycles. The number of nitrogens with one attached hydrogen (secondary N) is 2. The smallest absolute Gasteiger partial charge is 0.319 e. The van der Waals surface area contributed by atoms with Crippen molar-refractivity contribution in [3.63, 3.8) is 0 Å². The number of anilines is 2. The molecule has 0 radical (unpaired) electrons. The van der Waals surface area contributed by atoms with Crippen molar-refractivity contribution in [3.05, 3.63) is 23.8 Å². The number of nitrogens with zero attached hydrogens (tertiary/aromatic N) is 1. The minimum absolute atomic E-state index is 0.0658. The third kappa shape index (κ3) is 3.73. The van der Waals surface area contributed by atoms with Crippen LogP contribution in [-0.4, -0.2) is 25.2 Å². The molecule has 0 atom stereocenters. The summed E-state index contributed by atoms with van der Waals surface area (Å²) in [6.45, 7) is 4.36. The van der Waals surface area contributed by atoms with Crippen LogP contribution in [0.25, 0.3) is 0 Å². The Balaban J connectivity index is 1.58. The maximum absolute atomic E-state index is 12.1. The molecule has 2 fully saturated rings. The van der Waals surface area contributed by atoms with Gasteiger partial charge in [0.1, 0.15) is 0 Å². The van der Waals surface area contributed by atoms with Gasteiger partial charge in [-0.25, -0.2) is 4.79 Å². The van der Waals surface area contributed by atoms with E-state index in [0.29, 0.717) is 6.04 Å². The molecule has 4 nitrogen and oxygen atoms in total. The number of amides is 2. The molecule has 3 rings (SSSR count). The van der Waals surface area contributed by atoms with E-state index in [2.05, 4.69) is 34.6 Å². The van der Waals surface area contributed by atoms with Crippen molar-refractivity contribution in [1.29, 1.82) is 0 Å². The summed E-state index contributed by atoms with van der Waals surface area (Å²) >= 11 is 0. The monoisotopic (exact) mass is 301 g/mol. The van der Waals surface area contributed by atoms with Crippen LogP contribution in [0.15, 0.2) is 18.2 Å². The van der Waals surface area contributed by atoms with Crippen LogP contribution in [-0.2, 0) is 0 Å². The molecule has 1 saturated carbocycles. The van der Waals surface area contributed by atoms with Crippen molar-refractivity contribution in [1.82, 2.24) is 5.32 Å². The summed E-state index contributed by atoms with van der Waals surface area (Å²) in [6.07, 6.45) is 8.55. The van der Waals surface area contributed by atoms with Crippen LogP contribution in [0.1, 0.15) is 50.5 Å². The predicted molar refractivity (Wildman–Crippen MR) is 91.7 cm³/mol. The normalized spacial score (nSPS) is 19.2. The Morgan fingerprint density at radius 3 is 2.50 bits per heavy atom. The van der Waals surface area contributed by atoms with Gasteiger partial charge in [0.15, 0.2) is 0 Å². The van der Waals surface area contributed by atoms with Gasteiger partial charge in [-0.2, -0.15) is 0 Å². The number of carbonyl (C=O) groups is 1. The molecule has 2 N–H and O–H groups in total. The van der Waals surface area contributed by atoms with Gasteiger partial charge in [0.25, 0.3) is 0 Å². The summed E-state index contributed by atoms with van der Waals surface area (Å²) in [4.78, 5) is 14.6. The summed E-state index contributed by atoms with van der Waals surface area (Å²) < 4.78 is 0. The van der Waals surface area contributed by atoms with E-state index in [4.69, 9.17) is 0 Å². The van der Waals surface area contributed by atoms with Crippen LogP contribution < -0.4 is 15.5 Å². The van der Waals surface area contributed by atoms with E-state index in [9.17, 15) is 4.79 Å². The number of hydrogen-bond acceptors (Lipinski definition) is 2. The van der Waals surface area contributed by atoms with Crippen LogP contribution in [0.4, 0.5) is 16.2 Å². The highest BCUT2D eigenvalue weighted by Gasteiger charge is 2.17. The minimum atomic E-state index is -0.0658. The van der Waals surface area contributed by atoms with Gasteiger partial charge in [-0.05, 0) is 56.4 Å². The number of benzene rings is 1. The van der Waals surface area contributed by atoms with E-state index >= 15 is 0 Å². The van der Waals surface area contributed by atoms with Gasteiger partial charge in [0.2, 0.25) is 0 Å². The van der Waals surface area contributed by atoms with Crippen molar-refractivity contribution in [3.8, 4) is 0 Å². The molecule has 2 aliphatic rings. The molecule has 22 heavy (non-hydrogen) atoms. The Hall–Kier alpha value is -1.71. The Kier molecular flexibility index (Phi) is 4.86. The topological polar surface area (TPSA) is 44.4 Å². The summed E-state index contributed by atoms with van der Waals surface area (Å²) in [5, 5.41) is 6.11. The minimum Gasteiger partial charge on any atom is -0.372 e. The van der Waals surface area contributed by atoms with Crippen LogP contribution in [0.5, 0.6) is 0 Å². The first-order chi connectivity index (χ1) is 10.7. The Bertz CT molecular complexity index is 517. The van der Waals surface area contributed by atoms with E-state index in [1.54, 1.807) is 0 Å². The quantitative estimate of drug-likeness (QED) is 0.884. The van der Waals surface area contributed by atoms with Crippen molar-refractivity contribution in [2.75, 3.05) is 23.3 Å². The zero-order chi connectivity index (χ0) is 15.4. The first kappa shape index (κ1) is 15.2. The summed E-state index contributed by atoms with van der Waals surface area (Å²) in [7, 11) is 0. The third-order valence-corrected chi connectivity index (χ3v) is 4.87. The molecule has 0 spiro atoms. The standard InChI is InChI=1S/C18H27N3O/c1-14-13-16(21-11-5-6-12-21)9-10-17(14)20-18(22)19-15-7-3-2-4-8-15/h9-10,13,15H,2-8,11-12H2,1H3,(H2,19,20,22). The van der Waals surface area contributed by atoms with Gasteiger partial charge in [-0.1, -0.05) is 19.3 Å². The third-order valence-electron chi connectivity index (χ3n) is 4.87. The molecule has 0 aromatic heterocycles. The lowest BCUT2D eigenvalue weighted by atomic mass is 9.96. The average molecular weight is 301 g/mol. The fourth-order valence-electron chi connectivity index (χ4n) is 3.55. The van der Waals surface area contributed by atoms with Gasteiger partial charge in [-0.15, -0.1) is 0 Å². The second kappa shape index (κ2) is 7.03. The number of carbonyl (C=O) groups excluding carboxylic acids is 1. The number of hydrogen-bond donors (Lipinski definition) is 2. The molecule has 1 aliphatic heterocycles. The number of urea groups is 1. The first-order valence-corrected chi connectivity index (χ1v) is 8.65. The number of aryl methyl sites for hydroxylation is 1. The fraction of sp³-hybridized carbons (Fsp3) is 0.611. The lowest BCUT2D eigenvalue weighted by molar-refractivity contribution is 0.244. The van der Waals surface area contributed by atoms with Crippen LogP contribution in [0.3, 0.4) is 0 Å². The van der Waals surface area contributed by atoms with E-state index in [1.807, 2.05) is 6.07 Å². The highest BCUT2D eigenvalue weighted by molar-refractivity contribution is 5.90. The molecule has 120 valence electrons. The van der Waals surface area contributed by atoms with E-state index in [0.717, 1.165) is 37.2 Å². The lowest BCUT2D eigenvalue weighted by Crippen LogP contribution is -2.39. The highest BCUT2D eigenvalue weighted by Crippen LogP contribution is 2.25. The van der Waals surface area contributed by atoms with Gasteiger partial charge in [0.05, 0.1) is 0 Å². The molecule has 0 bridgehead atoms. The van der Waals surface area contributed by atoms with E-state index in [-0.39, 0.29) is 6.03 Å². The fourth-order valence-corrected chi connectivity index (χ4v) is 3.55. The summed E-state index contributed by atoms with van der Waals surface area (Å²) in [5.41, 5.74) is 3.31. The Morgan fingerprint density at radius 2 is 1.82 bits per heavy atom. The molecule has 1 aliphatic carbocycles. The molecule has 1 saturated heterocycles. The Labute approximate surface area is 133 Å². The molecular weight excluding hydrogens is 274 g/mol. The van der Waals surface area contributed by atoms with Crippen LogP contribution in [0.2, 0.25) is 0 Å². The molecule has 1 heterocycles. The zero-order valence-electron chi connectivity index (χ0n) is 13.5. The average Bonchev–Trinajstić information content (AvgIpc) is 3.04. The number of rotatable bonds is 3. The summed E-state index contributed by atoms with van der Waals surface area (Å²) in [5.74, 6) is 0. The lowest BCUT2D eigenvalue weighted by Gasteiger charge is -2.23. The van der Waals surface area contributed by atoms with E-state index < -0.39 is 0 Å². The second-order valence-corrected chi connectivity index (χ2v) is 6.63. The predicted octanol–water partition coefficient (Wildman–Crippen LogP) is 4.05. The SMILES string of the molecule is Cc1cc(N2CCCC2)ccc1NC(=O)NC1CCCCC1. The van der Waals surface area contributed by atoms with Crippen LogP contribution in [0, 0.1) is 6.92 Å². The van der Waals surface area contributed by atoms with Gasteiger partial charge in [0, 0.05) is 30.5 Å².